The van der Waals surface area contributed by atoms with E-state index in [9.17, 15) is 4.79 Å². The van der Waals surface area contributed by atoms with Gasteiger partial charge in [-0.2, -0.15) is 0 Å². The van der Waals surface area contributed by atoms with Crippen LogP contribution < -0.4 is 10.1 Å². The van der Waals surface area contributed by atoms with Crippen LogP contribution >= 0.6 is 23.1 Å². The molecular formula is C21H18N2O3S2. The lowest BCUT2D eigenvalue weighted by atomic mass is 10.2. The van der Waals surface area contributed by atoms with Crippen LogP contribution in [0.2, 0.25) is 0 Å². The molecule has 7 heteroatoms. The number of hydrogen-bond donors (Lipinski definition) is 1. The first-order chi connectivity index (χ1) is 13.7. The number of para-hydroxylation sites is 1. The van der Waals surface area contributed by atoms with E-state index in [2.05, 4.69) is 10.3 Å². The fourth-order valence-corrected chi connectivity index (χ4v) is 4.16. The average molecular weight is 411 g/mol. The zero-order valence-corrected chi connectivity index (χ0v) is 17.0. The van der Waals surface area contributed by atoms with Gasteiger partial charge in [-0.1, -0.05) is 24.3 Å². The van der Waals surface area contributed by atoms with Gasteiger partial charge >= 0.3 is 0 Å². The fraction of sp³-hybridized carbons (Fsp3) is 0.143. The summed E-state index contributed by atoms with van der Waals surface area (Å²) in [5.74, 6) is 1.18. The number of fused-ring (bicyclic) bond motifs is 1. The second-order valence-electron chi connectivity index (χ2n) is 5.91. The number of ether oxygens (including phenoxy) is 1. The number of nitrogens with zero attached hydrogens (tertiary/aromatic N) is 1. The van der Waals surface area contributed by atoms with E-state index < -0.39 is 0 Å². The first-order valence-electron chi connectivity index (χ1n) is 8.75. The molecule has 142 valence electrons. The maximum absolute atomic E-state index is 12.6. The lowest BCUT2D eigenvalue weighted by Crippen LogP contribution is -2.12. The quantitative estimate of drug-likeness (QED) is 0.399. The van der Waals surface area contributed by atoms with E-state index in [0.29, 0.717) is 40.1 Å². The van der Waals surface area contributed by atoms with Crippen molar-refractivity contribution in [2.75, 3.05) is 18.2 Å². The highest BCUT2D eigenvalue weighted by Crippen LogP contribution is 2.34. The number of aromatic nitrogens is 1. The molecular weight excluding hydrogens is 392 g/mol. The molecule has 4 rings (SSSR count). The zero-order chi connectivity index (χ0) is 19.5. The molecule has 0 saturated heterocycles. The van der Waals surface area contributed by atoms with Crippen molar-refractivity contribution in [3.63, 3.8) is 0 Å². The van der Waals surface area contributed by atoms with Crippen LogP contribution in [0.15, 0.2) is 63.2 Å². The van der Waals surface area contributed by atoms with Crippen molar-refractivity contribution >= 4 is 45.1 Å². The van der Waals surface area contributed by atoms with Crippen LogP contribution in [0.4, 0.5) is 5.13 Å². The molecule has 5 nitrogen and oxygen atoms in total. The molecule has 0 aliphatic carbocycles. The van der Waals surface area contributed by atoms with Crippen molar-refractivity contribution in [2.45, 2.75) is 11.8 Å². The van der Waals surface area contributed by atoms with Gasteiger partial charge in [-0.15, -0.1) is 23.1 Å². The summed E-state index contributed by atoms with van der Waals surface area (Å²) in [7, 11) is 0. The molecule has 1 amide bonds. The number of carbonyl (C=O) groups is 1. The highest BCUT2D eigenvalue weighted by Gasteiger charge is 2.16. The number of thioether (sulfide) groups is 1. The van der Waals surface area contributed by atoms with Gasteiger partial charge in [0.15, 0.2) is 22.2 Å². The summed E-state index contributed by atoms with van der Waals surface area (Å²) in [6.45, 7) is 2.51. The number of amides is 1. The van der Waals surface area contributed by atoms with Gasteiger partial charge in [0.05, 0.1) is 12.2 Å². The summed E-state index contributed by atoms with van der Waals surface area (Å²) in [5.41, 5.74) is 2.01. The van der Waals surface area contributed by atoms with Crippen molar-refractivity contribution in [1.29, 1.82) is 0 Å². The normalized spacial score (nSPS) is 10.9. The standard InChI is InChI=1S/C21H18N2O3S2/c1-3-25-16-9-6-7-13-11-17(26-19(13)16)15-12-28-21(22-15)23-20(24)14-8-4-5-10-18(14)27-2/h4-12H,3H2,1-2H3,(H,22,23,24). The maximum atomic E-state index is 12.6. The molecule has 0 aliphatic heterocycles. The molecule has 0 spiro atoms. The Hall–Kier alpha value is -2.77. The third-order valence-corrected chi connectivity index (χ3v) is 5.69. The highest BCUT2D eigenvalue weighted by molar-refractivity contribution is 7.98. The number of hydrogen-bond acceptors (Lipinski definition) is 6. The second-order valence-corrected chi connectivity index (χ2v) is 7.62. The van der Waals surface area contributed by atoms with Crippen LogP contribution in [0.25, 0.3) is 22.4 Å². The minimum absolute atomic E-state index is 0.172. The molecule has 2 aromatic heterocycles. The zero-order valence-electron chi connectivity index (χ0n) is 15.4. The van der Waals surface area contributed by atoms with Gasteiger partial charge in [0.25, 0.3) is 5.91 Å². The van der Waals surface area contributed by atoms with Crippen molar-refractivity contribution < 1.29 is 13.9 Å². The smallest absolute Gasteiger partial charge is 0.258 e. The van der Waals surface area contributed by atoms with E-state index in [-0.39, 0.29) is 5.91 Å². The largest absolute Gasteiger partial charge is 0.490 e. The number of rotatable bonds is 6. The molecule has 0 fully saturated rings. The SMILES string of the molecule is CCOc1cccc2cc(-c3csc(NC(=O)c4ccccc4SC)n3)oc12. The molecule has 0 bridgehead atoms. The minimum Gasteiger partial charge on any atom is -0.490 e. The van der Waals surface area contributed by atoms with Crippen LogP contribution in [0.3, 0.4) is 0 Å². The lowest BCUT2D eigenvalue weighted by Gasteiger charge is -2.06. The summed E-state index contributed by atoms with van der Waals surface area (Å²) in [4.78, 5) is 18.0. The highest BCUT2D eigenvalue weighted by atomic mass is 32.2. The Morgan fingerprint density at radius 2 is 2.11 bits per heavy atom. The van der Waals surface area contributed by atoms with E-state index in [1.54, 1.807) is 0 Å². The van der Waals surface area contributed by atoms with Crippen LogP contribution in [-0.2, 0) is 0 Å². The van der Waals surface area contributed by atoms with Gasteiger partial charge in [0.2, 0.25) is 0 Å². The van der Waals surface area contributed by atoms with Gasteiger partial charge < -0.3 is 9.15 Å². The molecule has 0 saturated carbocycles. The molecule has 0 unspecified atom stereocenters. The summed E-state index contributed by atoms with van der Waals surface area (Å²) in [6, 6.07) is 15.2. The van der Waals surface area contributed by atoms with E-state index in [4.69, 9.17) is 9.15 Å². The summed E-state index contributed by atoms with van der Waals surface area (Å²) < 4.78 is 11.6. The van der Waals surface area contributed by atoms with Crippen molar-refractivity contribution in [2.24, 2.45) is 0 Å². The van der Waals surface area contributed by atoms with Crippen molar-refractivity contribution in [3.8, 4) is 17.2 Å². The molecule has 2 heterocycles. The van der Waals surface area contributed by atoms with Crippen LogP contribution in [0.5, 0.6) is 5.75 Å². The van der Waals surface area contributed by atoms with Gasteiger partial charge in [0.1, 0.15) is 5.69 Å². The summed E-state index contributed by atoms with van der Waals surface area (Å²) in [6.07, 6.45) is 1.95. The maximum Gasteiger partial charge on any atom is 0.258 e. The van der Waals surface area contributed by atoms with E-state index in [0.717, 1.165) is 10.3 Å². The second kappa shape index (κ2) is 8.08. The third kappa shape index (κ3) is 3.63. The monoisotopic (exact) mass is 410 g/mol. The molecule has 0 atom stereocenters. The Labute approximate surface area is 170 Å². The number of anilines is 1. The van der Waals surface area contributed by atoms with Gasteiger partial charge in [-0.05, 0) is 37.4 Å². The summed E-state index contributed by atoms with van der Waals surface area (Å²) >= 11 is 2.90. The van der Waals surface area contributed by atoms with E-state index >= 15 is 0 Å². The Morgan fingerprint density at radius 1 is 1.25 bits per heavy atom. The Morgan fingerprint density at radius 3 is 2.93 bits per heavy atom. The predicted molar refractivity (Wildman–Crippen MR) is 115 cm³/mol. The van der Waals surface area contributed by atoms with Crippen molar-refractivity contribution in [1.82, 2.24) is 4.98 Å². The molecule has 2 aromatic carbocycles. The van der Waals surface area contributed by atoms with E-state index in [1.165, 1.54) is 23.1 Å². The fourth-order valence-electron chi connectivity index (χ4n) is 2.87. The molecule has 4 aromatic rings. The topological polar surface area (TPSA) is 64.4 Å². The molecule has 1 N–H and O–H groups in total. The minimum atomic E-state index is -0.172. The number of furan rings is 1. The summed E-state index contributed by atoms with van der Waals surface area (Å²) in [5, 5.41) is 6.23. The van der Waals surface area contributed by atoms with Crippen LogP contribution in [0.1, 0.15) is 17.3 Å². The van der Waals surface area contributed by atoms with Gasteiger partial charge in [-0.25, -0.2) is 4.98 Å². The molecule has 0 radical (unpaired) electrons. The lowest BCUT2D eigenvalue weighted by molar-refractivity contribution is 0.102. The number of benzene rings is 2. The van der Waals surface area contributed by atoms with Gasteiger partial charge in [-0.3, -0.25) is 10.1 Å². The van der Waals surface area contributed by atoms with Crippen LogP contribution in [-0.4, -0.2) is 23.8 Å². The average Bonchev–Trinajstić information content (AvgIpc) is 3.35. The molecule has 28 heavy (non-hydrogen) atoms. The third-order valence-electron chi connectivity index (χ3n) is 4.14. The van der Waals surface area contributed by atoms with Crippen LogP contribution in [0, 0.1) is 0 Å². The Bertz CT molecular complexity index is 1130. The molecule has 0 aliphatic rings. The number of thiazole rings is 1. The van der Waals surface area contributed by atoms with E-state index in [1.807, 2.05) is 67.1 Å². The Balaban J connectivity index is 1.59. The van der Waals surface area contributed by atoms with Gasteiger partial charge in [0, 0.05) is 15.7 Å². The number of carbonyl (C=O) groups excluding carboxylic acids is 1. The first-order valence-corrected chi connectivity index (χ1v) is 10.9. The first kappa shape index (κ1) is 18.6. The number of nitrogens with one attached hydrogen (secondary N) is 1. The predicted octanol–water partition coefficient (Wildman–Crippen LogP) is 5.93. The van der Waals surface area contributed by atoms with Crippen molar-refractivity contribution in [3.05, 3.63) is 59.5 Å². The Kier molecular flexibility index (Phi) is 5.36.